The predicted molar refractivity (Wildman–Crippen MR) is 116 cm³/mol. The smallest absolute Gasteiger partial charge is 0.0985 e. The summed E-state index contributed by atoms with van der Waals surface area (Å²) >= 11 is 6.61. The van der Waals surface area contributed by atoms with E-state index in [0.717, 1.165) is 12.1 Å². The summed E-state index contributed by atoms with van der Waals surface area (Å²) in [5.74, 6) is 0. The summed E-state index contributed by atoms with van der Waals surface area (Å²) < 4.78 is 2.44. The maximum atomic E-state index is 6.61. The first kappa shape index (κ1) is 15.4. The number of anilines is 1. The molecule has 0 bridgehead atoms. The number of nitrogens with zero attached hydrogens (tertiary/aromatic N) is 2. The molecule has 3 aromatic rings. The Morgan fingerprint density at radius 2 is 1.67 bits per heavy atom. The van der Waals surface area contributed by atoms with Crippen LogP contribution in [0.1, 0.15) is 5.56 Å². The first-order valence-electron chi connectivity index (χ1n) is 8.99. The van der Waals surface area contributed by atoms with Gasteiger partial charge in [-0.05, 0) is 23.3 Å². The van der Waals surface area contributed by atoms with E-state index in [4.69, 9.17) is 11.8 Å². The number of aromatic nitrogens is 1. The number of hydrogen-bond donors (Lipinski definition) is 1. The number of dihydropyridines is 1. The molecule has 0 radical (unpaired) electrons. The highest BCUT2D eigenvalue weighted by Crippen LogP contribution is 2.63. The van der Waals surface area contributed by atoms with Gasteiger partial charge in [0.15, 0.2) is 0 Å². The zero-order chi connectivity index (χ0) is 18.0. The lowest BCUT2D eigenvalue weighted by Crippen LogP contribution is -2.42. The van der Waals surface area contributed by atoms with Crippen molar-refractivity contribution in [2.24, 2.45) is 0 Å². The molecule has 0 saturated carbocycles. The molecule has 1 atom stereocenters. The fourth-order valence-electron chi connectivity index (χ4n) is 4.41. The highest BCUT2D eigenvalue weighted by Gasteiger charge is 2.45. The standard InChI is InChI=1S/C22H16N3PS/c27-26-21-7-3-1-5-15(21)17-13-23-11-9-19(17)25(26)20-10-12-24-14-18(20)16-6-2-4-8-22(16)26/h1-11,13-14,24H,12H2. The molecule has 5 heteroatoms. The molecule has 0 spiro atoms. The van der Waals surface area contributed by atoms with Crippen LogP contribution in [0.5, 0.6) is 0 Å². The monoisotopic (exact) mass is 385 g/mol. The fraction of sp³-hybridized carbons (Fsp3) is 0.0455. The van der Waals surface area contributed by atoms with Gasteiger partial charge in [-0.25, -0.2) is 0 Å². The SMILES string of the molecule is S=P12c3ccccc3C3=CNCC=C3N1c1ccncc1-c1ccccc12. The molecule has 1 N–H and O–H groups in total. The van der Waals surface area contributed by atoms with Crippen LogP contribution >= 0.6 is 6.19 Å². The number of hydrogen-bond acceptors (Lipinski definition) is 3. The van der Waals surface area contributed by atoms with Crippen molar-refractivity contribution < 1.29 is 0 Å². The second-order valence-corrected chi connectivity index (χ2v) is 11.0. The lowest BCUT2D eigenvalue weighted by Gasteiger charge is -2.49. The number of fused-ring (bicyclic) bond motifs is 11. The average Bonchev–Trinajstić information content (AvgIpc) is 2.74. The molecule has 1 unspecified atom stereocenters. The van der Waals surface area contributed by atoms with Crippen molar-refractivity contribution in [2.75, 3.05) is 11.2 Å². The van der Waals surface area contributed by atoms with Gasteiger partial charge in [0.25, 0.3) is 0 Å². The van der Waals surface area contributed by atoms with Crippen molar-refractivity contribution in [3.63, 3.8) is 0 Å². The van der Waals surface area contributed by atoms with Gasteiger partial charge in [-0.15, -0.1) is 0 Å². The average molecular weight is 385 g/mol. The molecular formula is C22H16N3PS. The van der Waals surface area contributed by atoms with E-state index in [1.165, 1.54) is 38.7 Å². The van der Waals surface area contributed by atoms with E-state index in [2.05, 4.69) is 81.8 Å². The second kappa shape index (κ2) is 5.41. The third kappa shape index (κ3) is 1.87. The molecule has 0 fully saturated rings. The lowest BCUT2D eigenvalue weighted by molar-refractivity contribution is 0.958. The van der Waals surface area contributed by atoms with Gasteiger partial charge in [-0.2, -0.15) is 0 Å². The Morgan fingerprint density at radius 1 is 0.926 bits per heavy atom. The van der Waals surface area contributed by atoms with Crippen molar-refractivity contribution in [3.8, 4) is 11.1 Å². The minimum absolute atomic E-state index is 0.814. The number of benzene rings is 2. The van der Waals surface area contributed by atoms with E-state index in [-0.39, 0.29) is 0 Å². The molecule has 6 rings (SSSR count). The Bertz CT molecular complexity index is 1230. The quantitative estimate of drug-likeness (QED) is 0.597. The lowest BCUT2D eigenvalue weighted by atomic mass is 9.99. The van der Waals surface area contributed by atoms with Crippen molar-refractivity contribution >= 4 is 39.9 Å². The fourth-order valence-corrected chi connectivity index (χ4v) is 9.17. The van der Waals surface area contributed by atoms with Gasteiger partial charge >= 0.3 is 0 Å². The molecule has 27 heavy (non-hydrogen) atoms. The van der Waals surface area contributed by atoms with Crippen molar-refractivity contribution in [1.82, 2.24) is 10.3 Å². The van der Waals surface area contributed by atoms with Gasteiger partial charge in [0, 0.05) is 46.9 Å². The van der Waals surface area contributed by atoms with Crippen molar-refractivity contribution in [2.45, 2.75) is 0 Å². The van der Waals surface area contributed by atoms with Gasteiger partial charge in [-0.1, -0.05) is 60.3 Å². The van der Waals surface area contributed by atoms with E-state index in [9.17, 15) is 0 Å². The summed E-state index contributed by atoms with van der Waals surface area (Å²) in [5, 5.41) is 5.90. The van der Waals surface area contributed by atoms with E-state index >= 15 is 0 Å². The van der Waals surface area contributed by atoms with Gasteiger partial charge in [0.1, 0.15) is 0 Å². The maximum absolute atomic E-state index is 6.61. The summed E-state index contributed by atoms with van der Waals surface area (Å²) in [5.41, 5.74) is 7.24. The number of pyridine rings is 1. The summed E-state index contributed by atoms with van der Waals surface area (Å²) in [6.07, 6.45) is 6.03. The normalized spacial score (nSPS) is 21.4. The first-order valence-corrected chi connectivity index (χ1v) is 11.7. The Kier molecular flexibility index (Phi) is 3.09. The van der Waals surface area contributed by atoms with Gasteiger partial charge in [-0.3, -0.25) is 4.98 Å². The van der Waals surface area contributed by atoms with Crippen LogP contribution < -0.4 is 20.6 Å². The third-order valence-electron chi connectivity index (χ3n) is 5.51. The van der Waals surface area contributed by atoms with Crippen LogP contribution in [0.3, 0.4) is 0 Å². The van der Waals surface area contributed by atoms with E-state index in [1.807, 2.05) is 12.4 Å². The van der Waals surface area contributed by atoms with Crippen LogP contribution in [0, 0.1) is 0 Å². The van der Waals surface area contributed by atoms with E-state index in [0.29, 0.717) is 0 Å². The first-order chi connectivity index (χ1) is 13.3. The van der Waals surface area contributed by atoms with Crippen LogP contribution in [-0.4, -0.2) is 11.5 Å². The minimum Gasteiger partial charge on any atom is -0.387 e. The molecule has 0 amide bonds. The van der Waals surface area contributed by atoms with Gasteiger partial charge in [0.2, 0.25) is 0 Å². The van der Waals surface area contributed by atoms with E-state index in [1.54, 1.807) is 0 Å². The number of rotatable bonds is 0. The molecule has 0 aliphatic carbocycles. The Hall–Kier alpha value is -2.68. The summed E-state index contributed by atoms with van der Waals surface area (Å²) in [4.78, 5) is 4.41. The molecule has 0 saturated heterocycles. The summed E-state index contributed by atoms with van der Waals surface area (Å²) in [6.45, 7) is 0.814. The molecule has 1 aromatic heterocycles. The second-order valence-electron chi connectivity index (χ2n) is 6.87. The van der Waals surface area contributed by atoms with Crippen LogP contribution in [0.4, 0.5) is 5.69 Å². The zero-order valence-corrected chi connectivity index (χ0v) is 16.2. The highest BCUT2D eigenvalue weighted by atomic mass is 32.4. The molecule has 3 aliphatic heterocycles. The Morgan fingerprint density at radius 3 is 2.52 bits per heavy atom. The molecule has 2 aromatic carbocycles. The largest absolute Gasteiger partial charge is 0.387 e. The summed E-state index contributed by atoms with van der Waals surface area (Å²) in [6, 6.07) is 19.4. The van der Waals surface area contributed by atoms with Crippen molar-refractivity contribution in [3.05, 3.63) is 90.5 Å². The minimum atomic E-state index is -2.22. The Labute approximate surface area is 163 Å². The summed E-state index contributed by atoms with van der Waals surface area (Å²) in [7, 11) is 0. The highest BCUT2D eigenvalue weighted by molar-refractivity contribution is 8.23. The zero-order valence-electron chi connectivity index (χ0n) is 14.5. The molecule has 3 nitrogen and oxygen atoms in total. The van der Waals surface area contributed by atoms with Crippen LogP contribution in [0.25, 0.3) is 16.7 Å². The van der Waals surface area contributed by atoms with Gasteiger partial charge in [0.05, 0.1) is 17.6 Å². The van der Waals surface area contributed by atoms with Crippen molar-refractivity contribution in [1.29, 1.82) is 0 Å². The van der Waals surface area contributed by atoms with Crippen LogP contribution in [0.2, 0.25) is 0 Å². The predicted octanol–water partition coefficient (Wildman–Crippen LogP) is 3.76. The molecular weight excluding hydrogens is 369 g/mol. The molecule has 4 heterocycles. The van der Waals surface area contributed by atoms with Crippen LogP contribution in [-0.2, 0) is 11.8 Å². The number of allylic oxidation sites excluding steroid dienone is 1. The van der Waals surface area contributed by atoms with E-state index < -0.39 is 6.19 Å². The van der Waals surface area contributed by atoms with Crippen LogP contribution in [0.15, 0.2) is 85.0 Å². The molecule has 3 aliphatic rings. The Balaban J connectivity index is 1.82. The third-order valence-corrected chi connectivity index (χ3v) is 10.3. The van der Waals surface area contributed by atoms with Gasteiger partial charge < -0.3 is 9.99 Å². The number of nitrogens with one attached hydrogen (secondary N) is 1. The topological polar surface area (TPSA) is 28.2 Å². The molecule has 130 valence electrons. The maximum Gasteiger partial charge on any atom is 0.0985 e.